The number of fused-ring (bicyclic) bond motifs is 6. The van der Waals surface area contributed by atoms with E-state index in [1.165, 1.54) is 79.3 Å². The predicted molar refractivity (Wildman–Crippen MR) is 148 cm³/mol. The highest BCUT2D eigenvalue weighted by atomic mass is 14.9. The molecule has 0 aliphatic heterocycles. The van der Waals surface area contributed by atoms with E-state index >= 15 is 0 Å². The number of aromatic nitrogens is 1. The topological polar surface area (TPSA) is 3.88 Å². The van der Waals surface area contributed by atoms with Crippen LogP contribution in [0, 0.1) is 6.92 Å². The lowest BCUT2D eigenvalue weighted by Crippen LogP contribution is -2.40. The summed E-state index contributed by atoms with van der Waals surface area (Å²) in [6.45, 7) is 2.21. The average Bonchev–Trinajstić information content (AvgIpc) is 3.60. The van der Waals surface area contributed by atoms with Crippen LogP contribution in [-0.2, 0) is 17.9 Å². The maximum Gasteiger partial charge on any atom is 0.213 e. The van der Waals surface area contributed by atoms with Gasteiger partial charge in [0.15, 0.2) is 6.20 Å². The van der Waals surface area contributed by atoms with E-state index in [2.05, 4.69) is 104 Å². The number of benzene rings is 3. The molecule has 180 valence electrons. The van der Waals surface area contributed by atoms with Gasteiger partial charge in [-0.15, -0.1) is 0 Å². The first-order valence-electron chi connectivity index (χ1n) is 13.9. The highest BCUT2D eigenvalue weighted by Crippen LogP contribution is 2.61. The highest BCUT2D eigenvalue weighted by molar-refractivity contribution is 5.73. The lowest BCUT2D eigenvalue weighted by Gasteiger charge is -2.47. The Kier molecular flexibility index (Phi) is 5.00. The van der Waals surface area contributed by atoms with Crippen molar-refractivity contribution in [3.63, 3.8) is 0 Å². The maximum atomic E-state index is 2.60. The average molecular weight is 471 g/mol. The molecule has 2 spiro atoms. The van der Waals surface area contributed by atoms with Crippen LogP contribution < -0.4 is 4.57 Å². The van der Waals surface area contributed by atoms with Crippen LogP contribution in [-0.4, -0.2) is 0 Å². The molecule has 1 heterocycles. The Hall–Kier alpha value is -3.19. The standard InChI is InChI=1S/C35H36N/c1-25-11-3-4-12-28(25)33-24-27(17-22-36(33)2)26-15-16-31-32(23-26)35(20-9-10-21-35)30-14-6-5-13-29(30)34(31)18-7-8-19-34/h3-6,11-17,22-24H,7-10,18-21H2,1-2H3/q+1. The molecule has 0 atom stereocenters. The lowest BCUT2D eigenvalue weighted by atomic mass is 9.56. The summed E-state index contributed by atoms with van der Waals surface area (Å²) in [5.41, 5.74) is 13.6. The Bertz CT molecular complexity index is 1460. The van der Waals surface area contributed by atoms with E-state index < -0.39 is 0 Å². The Balaban J connectivity index is 1.43. The van der Waals surface area contributed by atoms with Crippen LogP contribution in [0.1, 0.15) is 79.2 Å². The summed E-state index contributed by atoms with van der Waals surface area (Å²) < 4.78 is 2.26. The quantitative estimate of drug-likeness (QED) is 0.260. The third kappa shape index (κ3) is 3.05. The van der Waals surface area contributed by atoms with Gasteiger partial charge in [-0.25, -0.2) is 4.57 Å². The summed E-state index contributed by atoms with van der Waals surface area (Å²) in [6.07, 6.45) is 12.8. The summed E-state index contributed by atoms with van der Waals surface area (Å²) >= 11 is 0. The number of pyridine rings is 1. The van der Waals surface area contributed by atoms with Crippen molar-refractivity contribution in [2.24, 2.45) is 7.05 Å². The molecule has 36 heavy (non-hydrogen) atoms. The minimum absolute atomic E-state index is 0.189. The normalized spacial score (nSPS) is 18.9. The largest absolute Gasteiger partial charge is 0.213 e. The molecule has 2 fully saturated rings. The molecule has 3 aliphatic carbocycles. The van der Waals surface area contributed by atoms with Crippen LogP contribution in [0.2, 0.25) is 0 Å². The van der Waals surface area contributed by atoms with Gasteiger partial charge >= 0.3 is 0 Å². The molecule has 3 aromatic carbocycles. The van der Waals surface area contributed by atoms with Crippen molar-refractivity contribution >= 4 is 0 Å². The van der Waals surface area contributed by atoms with E-state index in [1.807, 2.05) is 0 Å². The molecule has 1 aromatic heterocycles. The fraction of sp³-hybridized carbons (Fsp3) is 0.343. The first-order valence-corrected chi connectivity index (χ1v) is 13.9. The van der Waals surface area contributed by atoms with Crippen LogP contribution in [0.3, 0.4) is 0 Å². The summed E-state index contributed by atoms with van der Waals surface area (Å²) in [5.74, 6) is 0. The first-order chi connectivity index (χ1) is 17.6. The number of nitrogens with zero attached hydrogens (tertiary/aromatic N) is 1. The Morgan fingerprint density at radius 2 is 1.14 bits per heavy atom. The van der Waals surface area contributed by atoms with Crippen molar-refractivity contribution in [1.82, 2.24) is 0 Å². The summed E-state index contributed by atoms with van der Waals surface area (Å²) in [6, 6.07) is 30.5. The molecule has 1 nitrogen and oxygen atoms in total. The van der Waals surface area contributed by atoms with Gasteiger partial charge in [0.05, 0.1) is 0 Å². The summed E-state index contributed by atoms with van der Waals surface area (Å²) in [5, 5.41) is 0. The molecule has 0 saturated heterocycles. The molecule has 0 bridgehead atoms. The van der Waals surface area contributed by atoms with E-state index in [1.54, 1.807) is 22.3 Å². The minimum atomic E-state index is 0.189. The van der Waals surface area contributed by atoms with E-state index in [4.69, 9.17) is 0 Å². The fourth-order valence-corrected chi connectivity index (χ4v) is 8.06. The van der Waals surface area contributed by atoms with Crippen molar-refractivity contribution < 1.29 is 4.57 Å². The van der Waals surface area contributed by atoms with Crippen LogP contribution in [0.4, 0.5) is 0 Å². The Morgan fingerprint density at radius 1 is 0.583 bits per heavy atom. The van der Waals surface area contributed by atoms with E-state index in [9.17, 15) is 0 Å². The van der Waals surface area contributed by atoms with Gasteiger partial charge in [0.1, 0.15) is 7.05 Å². The van der Waals surface area contributed by atoms with Crippen LogP contribution >= 0.6 is 0 Å². The van der Waals surface area contributed by atoms with Crippen molar-refractivity contribution in [2.75, 3.05) is 0 Å². The predicted octanol–water partition coefficient (Wildman–Crippen LogP) is 8.19. The third-order valence-electron chi connectivity index (χ3n) is 9.83. The zero-order valence-corrected chi connectivity index (χ0v) is 21.7. The molecule has 0 amide bonds. The zero-order valence-electron chi connectivity index (χ0n) is 21.7. The van der Waals surface area contributed by atoms with Crippen LogP contribution in [0.25, 0.3) is 22.4 Å². The van der Waals surface area contributed by atoms with Crippen molar-refractivity contribution in [1.29, 1.82) is 0 Å². The maximum absolute atomic E-state index is 2.60. The van der Waals surface area contributed by atoms with Gasteiger partial charge in [0, 0.05) is 28.5 Å². The van der Waals surface area contributed by atoms with E-state index in [0.717, 1.165) is 0 Å². The molecule has 2 saturated carbocycles. The second-order valence-electron chi connectivity index (χ2n) is 11.6. The van der Waals surface area contributed by atoms with E-state index in [-0.39, 0.29) is 10.8 Å². The zero-order chi connectivity index (χ0) is 24.3. The molecule has 0 unspecified atom stereocenters. The third-order valence-corrected chi connectivity index (χ3v) is 9.83. The molecule has 1 heteroatoms. The molecule has 0 N–H and O–H groups in total. The second-order valence-corrected chi connectivity index (χ2v) is 11.6. The van der Waals surface area contributed by atoms with Gasteiger partial charge in [-0.05, 0) is 83.7 Å². The smallest absolute Gasteiger partial charge is 0.201 e. The lowest BCUT2D eigenvalue weighted by molar-refractivity contribution is -0.660. The Morgan fingerprint density at radius 3 is 1.81 bits per heavy atom. The van der Waals surface area contributed by atoms with Gasteiger partial charge < -0.3 is 0 Å². The number of hydrogen-bond acceptors (Lipinski definition) is 0. The number of aryl methyl sites for hydroxylation is 2. The summed E-state index contributed by atoms with van der Waals surface area (Å²) in [4.78, 5) is 0. The van der Waals surface area contributed by atoms with Crippen molar-refractivity contribution in [3.8, 4) is 22.4 Å². The molecular weight excluding hydrogens is 434 g/mol. The molecule has 4 aromatic rings. The monoisotopic (exact) mass is 470 g/mol. The SMILES string of the molecule is Cc1ccccc1-c1cc(-c2ccc3c(c2)C2(CCCC2)c2ccccc2C32CCCC2)cc[n+]1C. The van der Waals surface area contributed by atoms with Crippen LogP contribution in [0.5, 0.6) is 0 Å². The Labute approximate surface area is 215 Å². The van der Waals surface area contributed by atoms with Crippen molar-refractivity contribution in [2.45, 2.75) is 69.1 Å². The number of hydrogen-bond donors (Lipinski definition) is 0. The highest BCUT2D eigenvalue weighted by Gasteiger charge is 2.51. The van der Waals surface area contributed by atoms with Gasteiger partial charge in [0.25, 0.3) is 0 Å². The summed E-state index contributed by atoms with van der Waals surface area (Å²) in [7, 11) is 2.16. The van der Waals surface area contributed by atoms with Gasteiger partial charge in [-0.2, -0.15) is 0 Å². The van der Waals surface area contributed by atoms with Gasteiger partial charge in [-0.1, -0.05) is 80.3 Å². The van der Waals surface area contributed by atoms with Crippen molar-refractivity contribution in [3.05, 3.63) is 113 Å². The second kappa shape index (κ2) is 8.17. The molecule has 3 aliphatic rings. The molecule has 0 radical (unpaired) electrons. The minimum Gasteiger partial charge on any atom is -0.201 e. The fourth-order valence-electron chi connectivity index (χ4n) is 8.06. The molecule has 7 rings (SSSR count). The number of rotatable bonds is 2. The van der Waals surface area contributed by atoms with Gasteiger partial charge in [-0.3, -0.25) is 0 Å². The van der Waals surface area contributed by atoms with Gasteiger partial charge in [0.2, 0.25) is 5.69 Å². The molecular formula is C35H36N+. The van der Waals surface area contributed by atoms with Crippen LogP contribution in [0.15, 0.2) is 85.1 Å². The first kappa shape index (κ1) is 22.0. The van der Waals surface area contributed by atoms with E-state index in [0.29, 0.717) is 0 Å².